The Morgan fingerprint density at radius 1 is 0.949 bits per heavy atom. The summed E-state index contributed by atoms with van der Waals surface area (Å²) >= 11 is 0. The zero-order chi connectivity index (χ0) is 26.1. The van der Waals surface area contributed by atoms with Gasteiger partial charge in [0.15, 0.2) is 0 Å². The summed E-state index contributed by atoms with van der Waals surface area (Å²) < 4.78 is 1.83. The molecular weight excluding hydrogens is 516 g/mol. The minimum Gasteiger partial charge on any atom is -0.361 e. The first-order chi connectivity index (χ1) is 18.6. The van der Waals surface area contributed by atoms with Gasteiger partial charge in [-0.2, -0.15) is 0 Å². The van der Waals surface area contributed by atoms with Gasteiger partial charge in [0.2, 0.25) is 11.8 Å². The molecule has 4 aromatic rings. The largest absolute Gasteiger partial charge is 0.361 e. The summed E-state index contributed by atoms with van der Waals surface area (Å²) in [6, 6.07) is 15.1. The number of para-hydroxylation sites is 3. The molecule has 2 aromatic heterocycles. The lowest BCUT2D eigenvalue weighted by Crippen LogP contribution is -2.53. The van der Waals surface area contributed by atoms with Gasteiger partial charge in [-0.15, -0.1) is 12.4 Å². The number of amides is 2. The summed E-state index contributed by atoms with van der Waals surface area (Å²) in [4.78, 5) is 47.8. The third-order valence-corrected chi connectivity index (χ3v) is 8.19. The fraction of sp³-hybridized carbons (Fsp3) is 0.414. The van der Waals surface area contributed by atoms with E-state index in [1.54, 1.807) is 0 Å². The molecule has 10 heteroatoms. The molecule has 0 spiro atoms. The van der Waals surface area contributed by atoms with Gasteiger partial charge in [0.05, 0.1) is 11.0 Å². The van der Waals surface area contributed by atoms with E-state index in [1.165, 1.54) is 0 Å². The Morgan fingerprint density at radius 3 is 2.41 bits per heavy atom. The Hall–Kier alpha value is -3.56. The molecule has 0 unspecified atom stereocenters. The van der Waals surface area contributed by atoms with Crippen LogP contribution >= 0.6 is 12.4 Å². The third kappa shape index (κ3) is 5.46. The first-order valence-corrected chi connectivity index (χ1v) is 13.6. The van der Waals surface area contributed by atoms with Gasteiger partial charge in [-0.25, -0.2) is 4.79 Å². The second-order valence-electron chi connectivity index (χ2n) is 10.5. The quantitative estimate of drug-likeness (QED) is 0.295. The number of nitrogens with zero attached hydrogens (tertiary/aromatic N) is 2. The number of aromatic amines is 2. The van der Waals surface area contributed by atoms with Crippen LogP contribution in [0.4, 0.5) is 0 Å². The fourth-order valence-electron chi connectivity index (χ4n) is 6.10. The van der Waals surface area contributed by atoms with Crippen molar-refractivity contribution in [2.45, 2.75) is 44.2 Å². The zero-order valence-corrected chi connectivity index (χ0v) is 22.6. The molecule has 0 saturated carbocycles. The van der Waals surface area contributed by atoms with E-state index in [9.17, 15) is 14.4 Å². The van der Waals surface area contributed by atoms with Gasteiger partial charge in [0.1, 0.15) is 6.04 Å². The van der Waals surface area contributed by atoms with Gasteiger partial charge in [0.25, 0.3) is 0 Å². The number of likely N-dealkylation sites (tertiary alicyclic amines) is 1. The monoisotopic (exact) mass is 550 g/mol. The van der Waals surface area contributed by atoms with Crippen LogP contribution < -0.4 is 16.3 Å². The van der Waals surface area contributed by atoms with Crippen LogP contribution in [0.2, 0.25) is 0 Å². The van der Waals surface area contributed by atoms with E-state index < -0.39 is 6.04 Å². The van der Waals surface area contributed by atoms with Crippen LogP contribution in [0.15, 0.2) is 59.5 Å². The van der Waals surface area contributed by atoms with E-state index in [-0.39, 0.29) is 41.9 Å². The van der Waals surface area contributed by atoms with Crippen molar-refractivity contribution in [3.05, 3.63) is 70.8 Å². The van der Waals surface area contributed by atoms with Crippen LogP contribution in [0.3, 0.4) is 0 Å². The Labute approximate surface area is 232 Å². The van der Waals surface area contributed by atoms with Crippen molar-refractivity contribution in [1.29, 1.82) is 0 Å². The maximum Gasteiger partial charge on any atom is 0.326 e. The van der Waals surface area contributed by atoms with Crippen LogP contribution in [-0.4, -0.2) is 63.5 Å². The van der Waals surface area contributed by atoms with Crippen LogP contribution in [0.5, 0.6) is 0 Å². The number of H-pyrrole nitrogens is 2. The van der Waals surface area contributed by atoms with Crippen LogP contribution in [0.1, 0.15) is 37.3 Å². The molecule has 0 aliphatic carbocycles. The number of carbonyl (C=O) groups is 2. The Bertz CT molecular complexity index is 1510. The SMILES string of the molecule is Cl.O=C(N[C@H](Cc1c[nH]c2ccccc12)C(=O)N1CCC(n2c(=O)[nH]c3ccccc32)CC1)C1CCNCC1. The second kappa shape index (κ2) is 11.7. The van der Waals surface area contributed by atoms with Crippen LogP contribution in [0.25, 0.3) is 21.9 Å². The van der Waals surface area contributed by atoms with Gasteiger partial charge >= 0.3 is 5.69 Å². The molecule has 0 radical (unpaired) electrons. The number of aromatic nitrogens is 3. The topological polar surface area (TPSA) is 115 Å². The molecule has 1 atom stereocenters. The van der Waals surface area contributed by atoms with E-state index in [4.69, 9.17) is 0 Å². The number of benzene rings is 2. The molecule has 0 bridgehead atoms. The van der Waals surface area contributed by atoms with E-state index in [0.29, 0.717) is 32.4 Å². The Kier molecular flexibility index (Phi) is 8.09. The minimum absolute atomic E-state index is 0. The number of nitrogens with one attached hydrogen (secondary N) is 4. The van der Waals surface area contributed by atoms with Crippen LogP contribution in [0, 0.1) is 5.92 Å². The number of piperidine rings is 2. The number of hydrogen-bond donors (Lipinski definition) is 4. The maximum absolute atomic E-state index is 13.9. The van der Waals surface area contributed by atoms with Crippen molar-refractivity contribution in [3.8, 4) is 0 Å². The van der Waals surface area contributed by atoms with E-state index in [2.05, 4.69) is 20.6 Å². The minimum atomic E-state index is -0.635. The zero-order valence-electron chi connectivity index (χ0n) is 21.8. The predicted octanol–water partition coefficient (Wildman–Crippen LogP) is 3.12. The molecule has 4 heterocycles. The first-order valence-electron chi connectivity index (χ1n) is 13.6. The average molecular weight is 551 g/mol. The molecule has 2 amide bonds. The average Bonchev–Trinajstić information content (AvgIpc) is 3.52. The molecule has 2 aromatic carbocycles. The molecule has 6 rings (SSSR count). The Balaban J connectivity index is 0.00000308. The first kappa shape index (κ1) is 27.0. The molecule has 206 valence electrons. The number of hydrogen-bond acceptors (Lipinski definition) is 4. The molecule has 2 fully saturated rings. The van der Waals surface area contributed by atoms with Crippen molar-refractivity contribution >= 4 is 46.2 Å². The lowest BCUT2D eigenvalue weighted by molar-refractivity contribution is -0.138. The number of rotatable bonds is 6. The van der Waals surface area contributed by atoms with E-state index >= 15 is 0 Å². The van der Waals surface area contributed by atoms with Crippen LogP contribution in [-0.2, 0) is 16.0 Å². The highest BCUT2D eigenvalue weighted by Crippen LogP contribution is 2.26. The summed E-state index contributed by atoms with van der Waals surface area (Å²) in [7, 11) is 0. The van der Waals surface area contributed by atoms with E-state index in [1.807, 2.05) is 64.2 Å². The highest BCUT2D eigenvalue weighted by Gasteiger charge is 2.33. The normalized spacial score (nSPS) is 17.7. The molecular formula is C29H35ClN6O3. The number of fused-ring (bicyclic) bond motifs is 2. The van der Waals surface area contributed by atoms with Gasteiger partial charge in [-0.1, -0.05) is 30.3 Å². The highest BCUT2D eigenvalue weighted by atomic mass is 35.5. The number of halogens is 1. The molecule has 4 N–H and O–H groups in total. The van der Waals surface area contributed by atoms with Gasteiger partial charge in [0, 0.05) is 48.6 Å². The number of carbonyl (C=O) groups excluding carboxylic acids is 2. The smallest absolute Gasteiger partial charge is 0.326 e. The van der Waals surface area contributed by atoms with Gasteiger partial charge in [-0.3, -0.25) is 14.2 Å². The number of imidazole rings is 1. The Morgan fingerprint density at radius 2 is 1.64 bits per heavy atom. The summed E-state index contributed by atoms with van der Waals surface area (Å²) in [5, 5.41) is 7.49. The van der Waals surface area contributed by atoms with E-state index in [0.717, 1.165) is 53.4 Å². The van der Waals surface area contributed by atoms with Crippen molar-refractivity contribution in [3.63, 3.8) is 0 Å². The van der Waals surface area contributed by atoms with Crippen molar-refractivity contribution < 1.29 is 9.59 Å². The molecule has 2 aliphatic heterocycles. The van der Waals surface area contributed by atoms with Gasteiger partial charge in [-0.05, 0) is 62.5 Å². The standard InChI is InChI=1S/C29H34N6O3.ClH/c36-27(19-9-13-30-14-10-19)32-25(17-20-18-31-23-6-2-1-5-22(20)23)28(37)34-15-11-21(12-16-34)35-26-8-4-3-7-24(26)33-29(35)38;/h1-8,18-19,21,25,30-31H,9-17H2,(H,32,36)(H,33,38);1H/t25-;/m1./s1. The molecule has 2 aliphatic rings. The fourth-order valence-corrected chi connectivity index (χ4v) is 6.10. The summed E-state index contributed by atoms with van der Waals surface area (Å²) in [6.45, 7) is 2.73. The van der Waals surface area contributed by atoms with Crippen molar-refractivity contribution in [2.75, 3.05) is 26.2 Å². The van der Waals surface area contributed by atoms with Crippen molar-refractivity contribution in [2.24, 2.45) is 5.92 Å². The highest BCUT2D eigenvalue weighted by molar-refractivity contribution is 5.90. The second-order valence-corrected chi connectivity index (χ2v) is 10.5. The lowest BCUT2D eigenvalue weighted by Gasteiger charge is -2.35. The molecule has 2 saturated heterocycles. The molecule has 9 nitrogen and oxygen atoms in total. The third-order valence-electron chi connectivity index (χ3n) is 8.19. The predicted molar refractivity (Wildman–Crippen MR) is 154 cm³/mol. The summed E-state index contributed by atoms with van der Waals surface area (Å²) in [5.41, 5.74) is 3.65. The molecule has 39 heavy (non-hydrogen) atoms. The maximum atomic E-state index is 13.9. The van der Waals surface area contributed by atoms with Crippen molar-refractivity contribution in [1.82, 2.24) is 30.1 Å². The summed E-state index contributed by atoms with van der Waals surface area (Å²) in [6.07, 6.45) is 5.32. The lowest BCUT2D eigenvalue weighted by atomic mass is 9.95. The summed E-state index contributed by atoms with van der Waals surface area (Å²) in [5.74, 6) is -0.166. The van der Waals surface area contributed by atoms with Gasteiger partial charge < -0.3 is 25.5 Å².